The summed E-state index contributed by atoms with van der Waals surface area (Å²) in [4.78, 5) is 3.84. The minimum atomic E-state index is 0.438. The van der Waals surface area contributed by atoms with Crippen LogP contribution in [0.25, 0.3) is 0 Å². The van der Waals surface area contributed by atoms with Gasteiger partial charge in [-0.3, -0.25) is 0 Å². The molecule has 1 aromatic heterocycles. The van der Waals surface area contributed by atoms with E-state index in [2.05, 4.69) is 4.98 Å². The van der Waals surface area contributed by atoms with E-state index in [0.717, 1.165) is 12.1 Å². The van der Waals surface area contributed by atoms with Crippen LogP contribution in [-0.4, -0.2) is 4.98 Å². The van der Waals surface area contributed by atoms with E-state index in [1.165, 1.54) is 6.39 Å². The van der Waals surface area contributed by atoms with Gasteiger partial charge in [0.25, 0.3) is 0 Å². The van der Waals surface area contributed by atoms with E-state index in [4.69, 9.17) is 10.2 Å². The van der Waals surface area contributed by atoms with Gasteiger partial charge in [0.05, 0.1) is 0 Å². The molecule has 0 aliphatic rings. The Morgan fingerprint density at radius 2 is 2.62 bits per heavy atom. The van der Waals surface area contributed by atoms with Crippen molar-refractivity contribution in [2.75, 3.05) is 5.73 Å². The fourth-order valence-electron chi connectivity index (χ4n) is 0.544. The summed E-state index contributed by atoms with van der Waals surface area (Å²) in [7, 11) is 0. The van der Waals surface area contributed by atoms with E-state index < -0.39 is 0 Å². The van der Waals surface area contributed by atoms with Crippen LogP contribution in [0.1, 0.15) is 12.6 Å². The van der Waals surface area contributed by atoms with Crippen LogP contribution in [0, 0.1) is 0 Å². The quantitative estimate of drug-likeness (QED) is 0.585. The molecular weight excluding hydrogens is 104 g/mol. The molecule has 8 heavy (non-hydrogen) atoms. The summed E-state index contributed by atoms with van der Waals surface area (Å²) in [5, 5.41) is 0. The van der Waals surface area contributed by atoms with Gasteiger partial charge in [-0.15, -0.1) is 0 Å². The maximum atomic E-state index is 5.32. The summed E-state index contributed by atoms with van der Waals surface area (Å²) in [6.45, 7) is 1.98. The summed E-state index contributed by atoms with van der Waals surface area (Å²) >= 11 is 0. The molecule has 1 rings (SSSR count). The number of nitrogens with two attached hydrogens (primary N) is 1. The predicted octanol–water partition coefficient (Wildman–Crippen LogP) is 0.819. The van der Waals surface area contributed by atoms with Crippen molar-refractivity contribution < 1.29 is 4.42 Å². The average Bonchev–Trinajstić information content (AvgIpc) is 2.14. The molecule has 3 nitrogen and oxygen atoms in total. The van der Waals surface area contributed by atoms with Crippen molar-refractivity contribution in [1.82, 2.24) is 4.98 Å². The molecular formula is C5H8N2O. The lowest BCUT2D eigenvalue weighted by atomic mass is 10.4. The Morgan fingerprint density at radius 3 is 2.88 bits per heavy atom. The molecule has 0 fully saturated rings. The lowest BCUT2D eigenvalue weighted by Gasteiger charge is -1.84. The van der Waals surface area contributed by atoms with E-state index in [0.29, 0.717) is 5.88 Å². The largest absolute Gasteiger partial charge is 0.428 e. The molecule has 0 aromatic carbocycles. The van der Waals surface area contributed by atoms with Crippen molar-refractivity contribution in [1.29, 1.82) is 0 Å². The molecule has 0 saturated carbocycles. The topological polar surface area (TPSA) is 52.0 Å². The summed E-state index contributed by atoms with van der Waals surface area (Å²) in [5.74, 6) is 0.438. The van der Waals surface area contributed by atoms with Crippen LogP contribution in [0.15, 0.2) is 10.8 Å². The van der Waals surface area contributed by atoms with Gasteiger partial charge in [0.15, 0.2) is 6.39 Å². The van der Waals surface area contributed by atoms with Gasteiger partial charge in [0, 0.05) is 0 Å². The SMILES string of the molecule is CCc1ncoc1N. The first kappa shape index (κ1) is 5.15. The normalized spacial score (nSPS) is 9.62. The highest BCUT2D eigenvalue weighted by Crippen LogP contribution is 2.07. The zero-order valence-corrected chi connectivity index (χ0v) is 4.72. The Hall–Kier alpha value is -0.990. The second-order valence-electron chi connectivity index (χ2n) is 1.52. The van der Waals surface area contributed by atoms with Crippen molar-refractivity contribution >= 4 is 5.88 Å². The molecule has 0 unspecified atom stereocenters. The zero-order chi connectivity index (χ0) is 5.98. The Balaban J connectivity index is 2.92. The van der Waals surface area contributed by atoms with Gasteiger partial charge in [-0.05, 0) is 6.42 Å². The monoisotopic (exact) mass is 112 g/mol. The first-order valence-corrected chi connectivity index (χ1v) is 2.52. The Bertz CT molecular complexity index is 171. The number of rotatable bonds is 1. The Kier molecular flexibility index (Phi) is 1.20. The van der Waals surface area contributed by atoms with Crippen molar-refractivity contribution in [2.24, 2.45) is 0 Å². The van der Waals surface area contributed by atoms with Crippen molar-refractivity contribution in [3.05, 3.63) is 12.1 Å². The zero-order valence-electron chi connectivity index (χ0n) is 4.72. The lowest BCUT2D eigenvalue weighted by molar-refractivity contribution is 0.576. The van der Waals surface area contributed by atoms with Gasteiger partial charge in [0.2, 0.25) is 5.88 Å². The van der Waals surface area contributed by atoms with Crippen LogP contribution < -0.4 is 5.73 Å². The first-order chi connectivity index (χ1) is 3.84. The molecule has 1 aromatic rings. The van der Waals surface area contributed by atoms with E-state index in [1.54, 1.807) is 0 Å². The molecule has 44 valence electrons. The molecule has 0 aliphatic carbocycles. The van der Waals surface area contributed by atoms with Gasteiger partial charge in [-0.1, -0.05) is 6.92 Å². The van der Waals surface area contributed by atoms with Crippen molar-refractivity contribution in [2.45, 2.75) is 13.3 Å². The smallest absolute Gasteiger partial charge is 0.214 e. The molecule has 2 N–H and O–H groups in total. The third kappa shape index (κ3) is 0.665. The molecule has 0 amide bonds. The molecule has 0 spiro atoms. The average molecular weight is 112 g/mol. The Labute approximate surface area is 47.5 Å². The van der Waals surface area contributed by atoms with Crippen LogP contribution in [0.5, 0.6) is 0 Å². The number of hydrogen-bond acceptors (Lipinski definition) is 3. The van der Waals surface area contributed by atoms with Crippen molar-refractivity contribution in [3.8, 4) is 0 Å². The third-order valence-corrected chi connectivity index (χ3v) is 1.01. The second kappa shape index (κ2) is 1.86. The fraction of sp³-hybridized carbons (Fsp3) is 0.400. The number of nitrogen functional groups attached to an aromatic ring is 1. The molecule has 3 heteroatoms. The fourth-order valence-corrected chi connectivity index (χ4v) is 0.544. The van der Waals surface area contributed by atoms with Crippen LogP contribution in [0.2, 0.25) is 0 Å². The van der Waals surface area contributed by atoms with Crippen LogP contribution in [0.4, 0.5) is 5.88 Å². The highest BCUT2D eigenvalue weighted by Gasteiger charge is 1.97. The molecule has 0 saturated heterocycles. The van der Waals surface area contributed by atoms with E-state index in [1.807, 2.05) is 6.92 Å². The van der Waals surface area contributed by atoms with E-state index in [-0.39, 0.29) is 0 Å². The predicted molar refractivity (Wildman–Crippen MR) is 30.3 cm³/mol. The van der Waals surface area contributed by atoms with Crippen LogP contribution >= 0.6 is 0 Å². The summed E-state index contributed by atoms with van der Waals surface area (Å²) in [6, 6.07) is 0. The summed E-state index contributed by atoms with van der Waals surface area (Å²) in [6.07, 6.45) is 2.19. The van der Waals surface area contributed by atoms with Crippen LogP contribution in [0.3, 0.4) is 0 Å². The van der Waals surface area contributed by atoms with Gasteiger partial charge >= 0.3 is 0 Å². The maximum Gasteiger partial charge on any atom is 0.214 e. The molecule has 0 radical (unpaired) electrons. The van der Waals surface area contributed by atoms with E-state index >= 15 is 0 Å². The lowest BCUT2D eigenvalue weighted by Crippen LogP contribution is -1.87. The third-order valence-electron chi connectivity index (χ3n) is 1.01. The van der Waals surface area contributed by atoms with Gasteiger partial charge in [-0.25, -0.2) is 4.98 Å². The number of aromatic nitrogens is 1. The van der Waals surface area contributed by atoms with Crippen molar-refractivity contribution in [3.63, 3.8) is 0 Å². The van der Waals surface area contributed by atoms with Gasteiger partial charge in [-0.2, -0.15) is 0 Å². The highest BCUT2D eigenvalue weighted by molar-refractivity contribution is 5.28. The minimum absolute atomic E-state index is 0.438. The van der Waals surface area contributed by atoms with Gasteiger partial charge in [0.1, 0.15) is 5.69 Å². The molecule has 0 atom stereocenters. The maximum absolute atomic E-state index is 5.32. The molecule has 0 aliphatic heterocycles. The highest BCUT2D eigenvalue weighted by atomic mass is 16.3. The minimum Gasteiger partial charge on any atom is -0.428 e. The summed E-state index contributed by atoms with van der Waals surface area (Å²) in [5.41, 5.74) is 6.16. The Morgan fingerprint density at radius 1 is 1.88 bits per heavy atom. The van der Waals surface area contributed by atoms with Crippen LogP contribution in [-0.2, 0) is 6.42 Å². The standard InChI is InChI=1S/C5H8N2O/c1-2-4-5(6)8-3-7-4/h3H,2,6H2,1H3. The number of hydrogen-bond donors (Lipinski definition) is 1. The number of nitrogens with zero attached hydrogens (tertiary/aromatic N) is 1. The summed E-state index contributed by atoms with van der Waals surface area (Å²) < 4.78 is 4.72. The number of anilines is 1. The first-order valence-electron chi connectivity index (χ1n) is 2.52. The second-order valence-corrected chi connectivity index (χ2v) is 1.52. The molecule has 0 bridgehead atoms. The number of oxazole rings is 1. The van der Waals surface area contributed by atoms with E-state index in [9.17, 15) is 0 Å². The molecule has 1 heterocycles. The van der Waals surface area contributed by atoms with Gasteiger partial charge < -0.3 is 10.2 Å². The number of aryl methyl sites for hydroxylation is 1.